The molecule has 0 atom stereocenters. The largest absolute Gasteiger partial charge is 0.353 e. The molecule has 0 radical (unpaired) electrons. The second kappa shape index (κ2) is 3.86. The molecule has 1 amide bonds. The van der Waals surface area contributed by atoms with Crippen molar-refractivity contribution < 1.29 is 4.79 Å². The molecule has 14 heavy (non-hydrogen) atoms. The van der Waals surface area contributed by atoms with Crippen LogP contribution in [0.1, 0.15) is 25.0 Å². The van der Waals surface area contributed by atoms with Crippen molar-refractivity contribution in [1.29, 1.82) is 0 Å². The summed E-state index contributed by atoms with van der Waals surface area (Å²) in [6.45, 7) is 1.69. The Balaban J connectivity index is 2.03. The van der Waals surface area contributed by atoms with E-state index in [0.29, 0.717) is 5.91 Å². The Morgan fingerprint density at radius 3 is 2.93 bits per heavy atom. The van der Waals surface area contributed by atoms with Gasteiger partial charge in [-0.3, -0.25) is 4.79 Å². The first-order valence-electron chi connectivity index (χ1n) is 5.15. The Hall–Kier alpha value is -1.25. The van der Waals surface area contributed by atoms with Crippen molar-refractivity contribution in [2.45, 2.75) is 25.8 Å². The molecule has 3 nitrogen and oxygen atoms in total. The molecular formula is C11H16N2O. The lowest BCUT2D eigenvalue weighted by atomic mass is 10.1. The zero-order chi connectivity index (χ0) is 9.97. The molecule has 1 aromatic rings. The number of rotatable bonds is 2. The van der Waals surface area contributed by atoms with Gasteiger partial charge in [0.1, 0.15) is 0 Å². The second-order valence-corrected chi connectivity index (χ2v) is 3.88. The van der Waals surface area contributed by atoms with Crippen LogP contribution in [0.2, 0.25) is 0 Å². The van der Waals surface area contributed by atoms with Gasteiger partial charge < -0.3 is 9.47 Å². The molecule has 76 valence electrons. The van der Waals surface area contributed by atoms with Crippen LogP contribution >= 0.6 is 0 Å². The van der Waals surface area contributed by atoms with Gasteiger partial charge in [-0.05, 0) is 25.0 Å². The second-order valence-electron chi connectivity index (χ2n) is 3.88. The minimum atomic E-state index is 0.303. The van der Waals surface area contributed by atoms with Crippen LogP contribution in [0, 0.1) is 0 Å². The number of likely N-dealkylation sites (tertiary alicyclic amines) is 1. The van der Waals surface area contributed by atoms with Crippen LogP contribution in [0.5, 0.6) is 0 Å². The van der Waals surface area contributed by atoms with Crippen LogP contribution in [0.3, 0.4) is 0 Å². The van der Waals surface area contributed by atoms with Gasteiger partial charge in [-0.15, -0.1) is 0 Å². The molecule has 2 rings (SSSR count). The normalized spacial score (nSPS) is 17.5. The monoisotopic (exact) mass is 192 g/mol. The summed E-state index contributed by atoms with van der Waals surface area (Å²) in [6, 6.07) is 4.09. The molecule has 0 bridgehead atoms. The maximum absolute atomic E-state index is 11.5. The minimum Gasteiger partial charge on any atom is -0.353 e. The summed E-state index contributed by atoms with van der Waals surface area (Å²) in [5.41, 5.74) is 1.21. The van der Waals surface area contributed by atoms with Gasteiger partial charge in [0, 0.05) is 31.9 Å². The Bertz CT molecular complexity index is 330. The average molecular weight is 192 g/mol. The standard InChI is InChI=1S/C11H16N2O/c1-12-7-4-5-10(12)9-13-8-3-2-6-11(13)14/h4-5,7H,2-3,6,8-9H2,1H3. The molecule has 1 aromatic heterocycles. The summed E-state index contributed by atoms with van der Waals surface area (Å²) in [5.74, 6) is 0.303. The molecule has 0 saturated carbocycles. The van der Waals surface area contributed by atoms with Crippen molar-refractivity contribution in [2.24, 2.45) is 7.05 Å². The van der Waals surface area contributed by atoms with Crippen molar-refractivity contribution in [2.75, 3.05) is 6.54 Å². The van der Waals surface area contributed by atoms with E-state index in [9.17, 15) is 4.79 Å². The SMILES string of the molecule is Cn1cccc1CN1CCCCC1=O. The maximum Gasteiger partial charge on any atom is 0.222 e. The van der Waals surface area contributed by atoms with Gasteiger partial charge >= 0.3 is 0 Å². The van der Waals surface area contributed by atoms with Crippen LogP contribution < -0.4 is 0 Å². The predicted molar refractivity (Wildman–Crippen MR) is 54.7 cm³/mol. The Kier molecular flexibility index (Phi) is 2.57. The van der Waals surface area contributed by atoms with Crippen LogP contribution in [-0.2, 0) is 18.4 Å². The van der Waals surface area contributed by atoms with E-state index in [1.54, 1.807) is 0 Å². The highest BCUT2D eigenvalue weighted by Crippen LogP contribution is 2.14. The van der Waals surface area contributed by atoms with E-state index in [0.717, 1.165) is 32.4 Å². The van der Waals surface area contributed by atoms with Gasteiger partial charge in [0.25, 0.3) is 0 Å². The third kappa shape index (κ3) is 1.81. The summed E-state index contributed by atoms with van der Waals surface area (Å²) < 4.78 is 2.07. The summed E-state index contributed by atoms with van der Waals surface area (Å²) in [4.78, 5) is 13.5. The lowest BCUT2D eigenvalue weighted by Crippen LogP contribution is -2.35. The lowest BCUT2D eigenvalue weighted by molar-refractivity contribution is -0.133. The van der Waals surface area contributed by atoms with E-state index in [1.807, 2.05) is 24.2 Å². The smallest absolute Gasteiger partial charge is 0.222 e. The van der Waals surface area contributed by atoms with E-state index in [4.69, 9.17) is 0 Å². The number of nitrogens with zero attached hydrogens (tertiary/aromatic N) is 2. The molecule has 1 fully saturated rings. The van der Waals surface area contributed by atoms with Gasteiger partial charge in [-0.1, -0.05) is 0 Å². The maximum atomic E-state index is 11.5. The van der Waals surface area contributed by atoms with Crippen LogP contribution in [-0.4, -0.2) is 21.9 Å². The number of aromatic nitrogens is 1. The highest BCUT2D eigenvalue weighted by Gasteiger charge is 2.18. The number of aryl methyl sites for hydroxylation is 1. The molecule has 3 heteroatoms. The first kappa shape index (κ1) is 9.31. The van der Waals surface area contributed by atoms with Crippen molar-refractivity contribution in [3.05, 3.63) is 24.0 Å². The van der Waals surface area contributed by atoms with Crippen LogP contribution in [0.15, 0.2) is 18.3 Å². The fourth-order valence-electron chi connectivity index (χ4n) is 1.89. The zero-order valence-electron chi connectivity index (χ0n) is 8.57. The molecule has 1 saturated heterocycles. The average Bonchev–Trinajstić information content (AvgIpc) is 2.56. The van der Waals surface area contributed by atoms with Gasteiger partial charge in [0.2, 0.25) is 5.91 Å². The molecule has 0 aliphatic carbocycles. The zero-order valence-corrected chi connectivity index (χ0v) is 8.57. The van der Waals surface area contributed by atoms with Gasteiger partial charge in [-0.25, -0.2) is 0 Å². The Labute approximate surface area is 84.3 Å². The first-order chi connectivity index (χ1) is 6.77. The number of amides is 1. The van der Waals surface area contributed by atoms with Gasteiger partial charge in [0.05, 0.1) is 6.54 Å². The molecule has 0 spiro atoms. The van der Waals surface area contributed by atoms with E-state index >= 15 is 0 Å². The van der Waals surface area contributed by atoms with E-state index in [-0.39, 0.29) is 0 Å². The van der Waals surface area contributed by atoms with Gasteiger partial charge in [-0.2, -0.15) is 0 Å². The number of piperidine rings is 1. The number of carbonyl (C=O) groups excluding carboxylic acids is 1. The first-order valence-corrected chi connectivity index (χ1v) is 5.15. The fraction of sp³-hybridized carbons (Fsp3) is 0.545. The van der Waals surface area contributed by atoms with Crippen LogP contribution in [0.4, 0.5) is 0 Å². The molecule has 1 aliphatic heterocycles. The third-order valence-electron chi connectivity index (χ3n) is 2.83. The highest BCUT2D eigenvalue weighted by molar-refractivity contribution is 5.76. The third-order valence-corrected chi connectivity index (χ3v) is 2.83. The summed E-state index contributed by atoms with van der Waals surface area (Å²) in [6.07, 6.45) is 4.95. The number of hydrogen-bond acceptors (Lipinski definition) is 1. The molecular weight excluding hydrogens is 176 g/mol. The molecule has 0 N–H and O–H groups in total. The summed E-state index contributed by atoms with van der Waals surface area (Å²) in [5, 5.41) is 0. The topological polar surface area (TPSA) is 25.2 Å². The van der Waals surface area contributed by atoms with Crippen molar-refractivity contribution in [3.8, 4) is 0 Å². The van der Waals surface area contributed by atoms with E-state index in [2.05, 4.69) is 10.6 Å². The molecule has 2 heterocycles. The van der Waals surface area contributed by atoms with Crippen molar-refractivity contribution in [1.82, 2.24) is 9.47 Å². The fourth-order valence-corrected chi connectivity index (χ4v) is 1.89. The highest BCUT2D eigenvalue weighted by atomic mass is 16.2. The van der Waals surface area contributed by atoms with Gasteiger partial charge in [0.15, 0.2) is 0 Å². The quantitative estimate of drug-likeness (QED) is 0.697. The van der Waals surface area contributed by atoms with Crippen LogP contribution in [0.25, 0.3) is 0 Å². The predicted octanol–water partition coefficient (Wildman–Crippen LogP) is 1.54. The summed E-state index contributed by atoms with van der Waals surface area (Å²) >= 11 is 0. The van der Waals surface area contributed by atoms with E-state index < -0.39 is 0 Å². The Morgan fingerprint density at radius 1 is 1.43 bits per heavy atom. The molecule has 0 aromatic carbocycles. The number of carbonyl (C=O) groups is 1. The molecule has 1 aliphatic rings. The lowest BCUT2D eigenvalue weighted by Gasteiger charge is -2.26. The molecule has 0 unspecified atom stereocenters. The Morgan fingerprint density at radius 2 is 2.29 bits per heavy atom. The van der Waals surface area contributed by atoms with E-state index in [1.165, 1.54) is 5.69 Å². The minimum absolute atomic E-state index is 0.303. The van der Waals surface area contributed by atoms with Crippen molar-refractivity contribution >= 4 is 5.91 Å². The number of hydrogen-bond donors (Lipinski definition) is 0. The van der Waals surface area contributed by atoms with Crippen molar-refractivity contribution in [3.63, 3.8) is 0 Å². The summed E-state index contributed by atoms with van der Waals surface area (Å²) in [7, 11) is 2.02.